The standard InChI is InChI=1S/C23H34N2O5/c1-4-29-23-19(15-21(27)30-23)25-22(28)18(16(2)3)14-20(26)24-13-9-8-12-17-10-6-5-7-11-17/h5-7,10-11,16,18-19,23H,4,8-9,12-15H2,1-3H3,(H,24,26)(H,25,28). The summed E-state index contributed by atoms with van der Waals surface area (Å²) in [5.41, 5.74) is 1.29. The second kappa shape index (κ2) is 12.3. The maximum atomic E-state index is 12.8. The fourth-order valence-electron chi connectivity index (χ4n) is 3.49. The number of rotatable bonds is 12. The Labute approximate surface area is 178 Å². The molecule has 7 heteroatoms. The summed E-state index contributed by atoms with van der Waals surface area (Å²) in [6.45, 7) is 6.59. The molecule has 0 aliphatic carbocycles. The molecular formula is C23H34N2O5. The fourth-order valence-corrected chi connectivity index (χ4v) is 3.49. The first-order chi connectivity index (χ1) is 14.4. The molecule has 0 bridgehead atoms. The molecule has 30 heavy (non-hydrogen) atoms. The first kappa shape index (κ1) is 23.9. The van der Waals surface area contributed by atoms with Crippen LogP contribution in [0.2, 0.25) is 0 Å². The van der Waals surface area contributed by atoms with Crippen LogP contribution in [0.5, 0.6) is 0 Å². The van der Waals surface area contributed by atoms with Gasteiger partial charge in [0.25, 0.3) is 0 Å². The van der Waals surface area contributed by atoms with Crippen molar-refractivity contribution < 1.29 is 23.9 Å². The maximum absolute atomic E-state index is 12.8. The molecule has 1 aromatic carbocycles. The van der Waals surface area contributed by atoms with E-state index in [1.54, 1.807) is 6.92 Å². The van der Waals surface area contributed by atoms with Crippen molar-refractivity contribution in [1.82, 2.24) is 10.6 Å². The molecule has 1 fully saturated rings. The lowest BCUT2D eigenvalue weighted by atomic mass is 9.91. The topological polar surface area (TPSA) is 93.7 Å². The van der Waals surface area contributed by atoms with Gasteiger partial charge in [-0.05, 0) is 37.7 Å². The molecule has 3 unspecified atom stereocenters. The predicted molar refractivity (Wildman–Crippen MR) is 113 cm³/mol. The first-order valence-electron chi connectivity index (χ1n) is 10.8. The van der Waals surface area contributed by atoms with Crippen molar-refractivity contribution in [2.24, 2.45) is 11.8 Å². The minimum absolute atomic E-state index is 0.0163. The van der Waals surface area contributed by atoms with E-state index in [-0.39, 0.29) is 30.6 Å². The van der Waals surface area contributed by atoms with Crippen LogP contribution in [0.15, 0.2) is 30.3 Å². The number of cyclic esters (lactones) is 1. The average Bonchev–Trinajstić information content (AvgIpc) is 3.05. The Balaban J connectivity index is 1.74. The quantitative estimate of drug-likeness (QED) is 0.402. The van der Waals surface area contributed by atoms with Gasteiger partial charge >= 0.3 is 5.97 Å². The van der Waals surface area contributed by atoms with E-state index >= 15 is 0 Å². The Morgan fingerprint density at radius 2 is 1.93 bits per heavy atom. The van der Waals surface area contributed by atoms with E-state index in [9.17, 15) is 14.4 Å². The van der Waals surface area contributed by atoms with Crippen molar-refractivity contribution in [2.45, 2.75) is 65.2 Å². The van der Waals surface area contributed by atoms with E-state index in [1.807, 2.05) is 32.0 Å². The van der Waals surface area contributed by atoms with E-state index in [0.29, 0.717) is 13.2 Å². The predicted octanol–water partition coefficient (Wildman–Crippen LogP) is 2.58. The van der Waals surface area contributed by atoms with Crippen LogP contribution in [0, 0.1) is 11.8 Å². The lowest BCUT2D eigenvalue weighted by Gasteiger charge is -2.24. The van der Waals surface area contributed by atoms with Crippen LogP contribution in [-0.2, 0) is 30.3 Å². The monoisotopic (exact) mass is 418 g/mol. The number of hydrogen-bond donors (Lipinski definition) is 2. The number of aryl methyl sites for hydroxylation is 1. The van der Waals surface area contributed by atoms with Crippen LogP contribution < -0.4 is 10.6 Å². The maximum Gasteiger partial charge on any atom is 0.310 e. The van der Waals surface area contributed by atoms with E-state index in [4.69, 9.17) is 9.47 Å². The van der Waals surface area contributed by atoms with Gasteiger partial charge in [0.05, 0.1) is 6.42 Å². The van der Waals surface area contributed by atoms with Crippen LogP contribution in [0.1, 0.15) is 52.0 Å². The van der Waals surface area contributed by atoms with Gasteiger partial charge in [0, 0.05) is 25.5 Å². The van der Waals surface area contributed by atoms with Crippen molar-refractivity contribution in [3.05, 3.63) is 35.9 Å². The zero-order valence-electron chi connectivity index (χ0n) is 18.2. The number of carbonyl (C=O) groups excluding carboxylic acids is 3. The molecule has 7 nitrogen and oxygen atoms in total. The van der Waals surface area contributed by atoms with Crippen LogP contribution in [-0.4, -0.2) is 43.3 Å². The largest absolute Gasteiger partial charge is 0.433 e. The van der Waals surface area contributed by atoms with Gasteiger partial charge < -0.3 is 20.1 Å². The fraction of sp³-hybridized carbons (Fsp3) is 0.609. The lowest BCUT2D eigenvalue weighted by Crippen LogP contribution is -2.46. The van der Waals surface area contributed by atoms with Crippen LogP contribution in [0.4, 0.5) is 0 Å². The number of carbonyl (C=O) groups is 3. The van der Waals surface area contributed by atoms with Gasteiger partial charge in [0.1, 0.15) is 6.04 Å². The first-order valence-corrected chi connectivity index (χ1v) is 10.8. The molecule has 0 saturated carbocycles. The highest BCUT2D eigenvalue weighted by Crippen LogP contribution is 2.20. The zero-order chi connectivity index (χ0) is 21.9. The van der Waals surface area contributed by atoms with Crippen molar-refractivity contribution in [3.63, 3.8) is 0 Å². The highest BCUT2D eigenvalue weighted by Gasteiger charge is 2.38. The van der Waals surface area contributed by atoms with Crippen LogP contribution >= 0.6 is 0 Å². The summed E-state index contributed by atoms with van der Waals surface area (Å²) in [5, 5.41) is 5.75. The molecule has 1 aromatic rings. The van der Waals surface area contributed by atoms with E-state index in [2.05, 4.69) is 22.8 Å². The highest BCUT2D eigenvalue weighted by atomic mass is 16.7. The van der Waals surface area contributed by atoms with Gasteiger partial charge in [-0.15, -0.1) is 0 Å². The Hall–Kier alpha value is -2.41. The Morgan fingerprint density at radius 1 is 1.20 bits per heavy atom. The Bertz CT molecular complexity index is 692. The van der Waals surface area contributed by atoms with Gasteiger partial charge in [-0.1, -0.05) is 44.2 Å². The minimum atomic E-state index is -0.766. The minimum Gasteiger partial charge on any atom is -0.433 e. The van der Waals surface area contributed by atoms with E-state index < -0.39 is 24.2 Å². The summed E-state index contributed by atoms with van der Waals surface area (Å²) >= 11 is 0. The molecule has 0 spiro atoms. The molecule has 0 radical (unpaired) electrons. The zero-order valence-corrected chi connectivity index (χ0v) is 18.2. The summed E-state index contributed by atoms with van der Waals surface area (Å²) in [6, 6.07) is 9.73. The number of hydrogen-bond acceptors (Lipinski definition) is 5. The Kier molecular flexibility index (Phi) is 9.80. The Morgan fingerprint density at radius 3 is 2.60 bits per heavy atom. The summed E-state index contributed by atoms with van der Waals surface area (Å²) in [7, 11) is 0. The molecule has 1 heterocycles. The summed E-state index contributed by atoms with van der Waals surface area (Å²) in [5.74, 6) is -1.28. The van der Waals surface area contributed by atoms with Gasteiger partial charge in [-0.2, -0.15) is 0 Å². The van der Waals surface area contributed by atoms with Crippen molar-refractivity contribution in [1.29, 1.82) is 0 Å². The molecule has 3 atom stereocenters. The molecule has 1 saturated heterocycles. The van der Waals surface area contributed by atoms with Crippen LogP contribution in [0.25, 0.3) is 0 Å². The van der Waals surface area contributed by atoms with Crippen molar-refractivity contribution in [3.8, 4) is 0 Å². The third kappa shape index (κ3) is 7.78. The lowest BCUT2D eigenvalue weighted by molar-refractivity contribution is -0.164. The van der Waals surface area contributed by atoms with E-state index in [1.165, 1.54) is 5.56 Å². The number of esters is 1. The summed E-state index contributed by atoms with van der Waals surface area (Å²) < 4.78 is 10.5. The highest BCUT2D eigenvalue weighted by molar-refractivity contribution is 5.86. The van der Waals surface area contributed by atoms with Crippen molar-refractivity contribution in [2.75, 3.05) is 13.2 Å². The van der Waals surface area contributed by atoms with Crippen molar-refractivity contribution >= 4 is 17.8 Å². The third-order valence-corrected chi connectivity index (χ3v) is 5.23. The normalized spacial score (nSPS) is 19.4. The molecule has 1 aliphatic rings. The van der Waals surface area contributed by atoms with Gasteiger partial charge in [-0.25, -0.2) is 0 Å². The molecule has 2 rings (SSSR count). The molecule has 2 N–H and O–H groups in total. The average molecular weight is 419 g/mol. The number of benzene rings is 1. The van der Waals surface area contributed by atoms with Gasteiger partial charge in [-0.3, -0.25) is 14.4 Å². The smallest absolute Gasteiger partial charge is 0.310 e. The van der Waals surface area contributed by atoms with E-state index in [0.717, 1.165) is 19.3 Å². The molecule has 166 valence electrons. The molecular weight excluding hydrogens is 384 g/mol. The third-order valence-electron chi connectivity index (χ3n) is 5.23. The number of nitrogens with one attached hydrogen (secondary N) is 2. The number of unbranched alkanes of at least 4 members (excludes halogenated alkanes) is 1. The van der Waals surface area contributed by atoms with Crippen LogP contribution in [0.3, 0.4) is 0 Å². The molecule has 0 aromatic heterocycles. The second-order valence-electron chi connectivity index (χ2n) is 7.98. The molecule has 1 aliphatic heterocycles. The summed E-state index contributed by atoms with van der Waals surface area (Å²) in [6.07, 6.45) is 2.29. The molecule has 2 amide bonds. The van der Waals surface area contributed by atoms with Gasteiger partial charge in [0.2, 0.25) is 18.1 Å². The second-order valence-corrected chi connectivity index (χ2v) is 7.98. The number of ether oxygens (including phenoxy) is 2. The number of amides is 2. The SMILES string of the molecule is CCOC1OC(=O)CC1NC(=O)C(CC(=O)NCCCCc1ccccc1)C(C)C. The summed E-state index contributed by atoms with van der Waals surface area (Å²) in [4.78, 5) is 36.7. The van der Waals surface area contributed by atoms with Gasteiger partial charge in [0.15, 0.2) is 0 Å².